The first kappa shape index (κ1) is 20.6. The molecule has 3 aromatic rings. The molecule has 11 heteroatoms. The smallest absolute Gasteiger partial charge is 0.288 e. The molecule has 0 bridgehead atoms. The molecule has 0 saturated heterocycles. The summed E-state index contributed by atoms with van der Waals surface area (Å²) in [4.78, 5) is 39.9. The molecule has 150 valence electrons. The summed E-state index contributed by atoms with van der Waals surface area (Å²) < 4.78 is 1.26. The molecule has 1 N–H and O–H groups in total. The molecule has 0 radical (unpaired) electrons. The Kier molecular flexibility index (Phi) is 6.04. The van der Waals surface area contributed by atoms with E-state index in [2.05, 4.69) is 15.4 Å². The van der Waals surface area contributed by atoms with Crippen LogP contribution in [0.5, 0.6) is 0 Å². The molecule has 0 unspecified atom stereocenters. The second-order valence-corrected chi connectivity index (χ2v) is 7.72. The van der Waals surface area contributed by atoms with Gasteiger partial charge in [0.2, 0.25) is 0 Å². The fourth-order valence-electron chi connectivity index (χ4n) is 2.67. The minimum atomic E-state index is -0.656. The Morgan fingerprint density at radius 1 is 1.31 bits per heavy atom. The van der Waals surface area contributed by atoms with Crippen LogP contribution < -0.4 is 10.9 Å². The fourth-order valence-corrected chi connectivity index (χ4v) is 3.74. The van der Waals surface area contributed by atoms with Gasteiger partial charge in [-0.1, -0.05) is 11.6 Å². The van der Waals surface area contributed by atoms with Gasteiger partial charge in [-0.3, -0.25) is 19.7 Å². The molecular formula is C18H16ClN5O4S. The number of aromatic nitrogens is 3. The average Bonchev–Trinajstić information content (AvgIpc) is 3.01. The standard InChI is InChI=1S/C18H16ClN5O4S/c1-10-17(29-11(2)21-10)14-5-6-16(25)23(22-14)8-7-20-18(26)12-3-4-13(19)15(9-12)24(27)28/h3-6,9H,7-8H2,1-2H3,(H,20,26). The number of hydrogen-bond donors (Lipinski definition) is 1. The molecule has 0 aliphatic carbocycles. The normalized spacial score (nSPS) is 10.7. The summed E-state index contributed by atoms with van der Waals surface area (Å²) in [5.41, 5.74) is 0.922. The van der Waals surface area contributed by atoms with Gasteiger partial charge in [0.05, 0.1) is 27.0 Å². The van der Waals surface area contributed by atoms with Crippen molar-refractivity contribution in [3.8, 4) is 10.6 Å². The van der Waals surface area contributed by atoms with Gasteiger partial charge in [-0.05, 0) is 32.0 Å². The Balaban J connectivity index is 1.71. The second-order valence-electron chi connectivity index (χ2n) is 6.11. The van der Waals surface area contributed by atoms with E-state index in [0.717, 1.165) is 21.6 Å². The molecule has 0 saturated carbocycles. The van der Waals surface area contributed by atoms with Crippen LogP contribution in [-0.4, -0.2) is 32.1 Å². The zero-order valence-corrected chi connectivity index (χ0v) is 17.1. The molecule has 2 heterocycles. The van der Waals surface area contributed by atoms with Crippen molar-refractivity contribution in [2.75, 3.05) is 6.54 Å². The zero-order valence-electron chi connectivity index (χ0n) is 15.5. The Bertz CT molecular complexity index is 1160. The summed E-state index contributed by atoms with van der Waals surface area (Å²) in [5, 5.41) is 18.8. The van der Waals surface area contributed by atoms with Crippen molar-refractivity contribution in [3.05, 3.63) is 72.1 Å². The van der Waals surface area contributed by atoms with E-state index in [1.807, 2.05) is 13.8 Å². The monoisotopic (exact) mass is 433 g/mol. The predicted molar refractivity (Wildman–Crippen MR) is 110 cm³/mol. The minimum Gasteiger partial charge on any atom is -0.350 e. The Morgan fingerprint density at radius 2 is 2.07 bits per heavy atom. The third kappa shape index (κ3) is 4.66. The van der Waals surface area contributed by atoms with Crippen molar-refractivity contribution in [2.45, 2.75) is 20.4 Å². The molecule has 29 heavy (non-hydrogen) atoms. The molecule has 1 aromatic carbocycles. The van der Waals surface area contributed by atoms with Crippen molar-refractivity contribution in [1.29, 1.82) is 0 Å². The van der Waals surface area contributed by atoms with Crippen LogP contribution in [0, 0.1) is 24.0 Å². The van der Waals surface area contributed by atoms with Crippen LogP contribution in [-0.2, 0) is 6.54 Å². The number of nitrogens with zero attached hydrogens (tertiary/aromatic N) is 4. The number of aryl methyl sites for hydroxylation is 2. The SMILES string of the molecule is Cc1nc(C)c(-c2ccc(=O)n(CCNC(=O)c3ccc(Cl)c([N+](=O)[O-])c3)n2)s1. The lowest BCUT2D eigenvalue weighted by atomic mass is 10.2. The number of rotatable bonds is 6. The van der Waals surface area contributed by atoms with Crippen LogP contribution in [0.4, 0.5) is 5.69 Å². The van der Waals surface area contributed by atoms with Crippen LogP contribution in [0.25, 0.3) is 10.6 Å². The van der Waals surface area contributed by atoms with E-state index in [9.17, 15) is 19.7 Å². The molecule has 0 aliphatic rings. The molecular weight excluding hydrogens is 418 g/mol. The molecule has 0 fully saturated rings. The second kappa shape index (κ2) is 8.50. The number of halogens is 1. The topological polar surface area (TPSA) is 120 Å². The number of amides is 1. The Hall–Kier alpha value is -3.11. The van der Waals surface area contributed by atoms with Crippen molar-refractivity contribution in [2.24, 2.45) is 0 Å². The number of thiazole rings is 1. The van der Waals surface area contributed by atoms with Gasteiger partial charge in [-0.15, -0.1) is 11.3 Å². The number of hydrogen-bond acceptors (Lipinski definition) is 7. The van der Waals surface area contributed by atoms with Gasteiger partial charge in [0, 0.05) is 24.2 Å². The van der Waals surface area contributed by atoms with E-state index in [1.165, 1.54) is 34.2 Å². The number of nitrogens with one attached hydrogen (secondary N) is 1. The van der Waals surface area contributed by atoms with Gasteiger partial charge < -0.3 is 5.32 Å². The zero-order chi connectivity index (χ0) is 21.1. The molecule has 2 aromatic heterocycles. The summed E-state index contributed by atoms with van der Waals surface area (Å²) in [6.45, 7) is 4.03. The molecule has 0 spiro atoms. The lowest BCUT2D eigenvalue weighted by molar-refractivity contribution is -0.384. The maximum absolute atomic E-state index is 12.3. The Labute approximate surface area is 174 Å². The molecule has 0 aliphatic heterocycles. The van der Waals surface area contributed by atoms with Crippen LogP contribution in [0.1, 0.15) is 21.1 Å². The fraction of sp³-hybridized carbons (Fsp3) is 0.222. The maximum atomic E-state index is 12.3. The van der Waals surface area contributed by atoms with Gasteiger partial charge in [-0.2, -0.15) is 5.10 Å². The predicted octanol–water partition coefficient (Wildman–Crippen LogP) is 2.98. The number of nitro groups is 1. The van der Waals surface area contributed by atoms with Gasteiger partial charge in [-0.25, -0.2) is 9.67 Å². The first-order valence-corrected chi connectivity index (χ1v) is 9.70. The van der Waals surface area contributed by atoms with Crippen molar-refractivity contribution in [3.63, 3.8) is 0 Å². The van der Waals surface area contributed by atoms with Crippen molar-refractivity contribution >= 4 is 34.5 Å². The highest BCUT2D eigenvalue weighted by molar-refractivity contribution is 7.15. The van der Waals surface area contributed by atoms with Crippen LogP contribution in [0.3, 0.4) is 0 Å². The lowest BCUT2D eigenvalue weighted by Crippen LogP contribution is -2.32. The summed E-state index contributed by atoms with van der Waals surface area (Å²) >= 11 is 7.24. The van der Waals surface area contributed by atoms with E-state index < -0.39 is 10.8 Å². The van der Waals surface area contributed by atoms with E-state index in [-0.39, 0.29) is 34.9 Å². The third-order valence-corrected chi connectivity index (χ3v) is 5.43. The first-order valence-electron chi connectivity index (χ1n) is 8.51. The number of benzene rings is 1. The summed E-state index contributed by atoms with van der Waals surface area (Å²) in [6, 6.07) is 6.86. The van der Waals surface area contributed by atoms with Crippen LogP contribution in [0.2, 0.25) is 5.02 Å². The maximum Gasteiger partial charge on any atom is 0.288 e. The minimum absolute atomic E-state index is 0.0484. The summed E-state index contributed by atoms with van der Waals surface area (Å²) in [7, 11) is 0. The quantitative estimate of drug-likeness (QED) is 0.471. The highest BCUT2D eigenvalue weighted by Crippen LogP contribution is 2.27. The van der Waals surface area contributed by atoms with E-state index in [4.69, 9.17) is 11.6 Å². The molecule has 0 atom stereocenters. The molecule has 1 amide bonds. The first-order chi connectivity index (χ1) is 13.8. The van der Waals surface area contributed by atoms with Gasteiger partial charge in [0.15, 0.2) is 0 Å². The third-order valence-electron chi connectivity index (χ3n) is 4.02. The van der Waals surface area contributed by atoms with E-state index >= 15 is 0 Å². The highest BCUT2D eigenvalue weighted by Gasteiger charge is 2.16. The summed E-state index contributed by atoms with van der Waals surface area (Å²) in [5.74, 6) is -0.511. The highest BCUT2D eigenvalue weighted by atomic mass is 35.5. The van der Waals surface area contributed by atoms with Crippen molar-refractivity contribution < 1.29 is 9.72 Å². The number of carbonyl (C=O) groups is 1. The number of carbonyl (C=O) groups excluding carboxylic acids is 1. The van der Waals surface area contributed by atoms with Crippen molar-refractivity contribution in [1.82, 2.24) is 20.1 Å². The average molecular weight is 434 g/mol. The van der Waals surface area contributed by atoms with Crippen LogP contribution in [0.15, 0.2) is 35.1 Å². The largest absolute Gasteiger partial charge is 0.350 e. The molecule has 3 rings (SSSR count). The summed E-state index contributed by atoms with van der Waals surface area (Å²) in [6.07, 6.45) is 0. The van der Waals surface area contributed by atoms with Crippen LogP contribution >= 0.6 is 22.9 Å². The Morgan fingerprint density at radius 3 is 2.72 bits per heavy atom. The lowest BCUT2D eigenvalue weighted by Gasteiger charge is -2.08. The van der Waals surface area contributed by atoms with Gasteiger partial charge in [0.1, 0.15) is 10.7 Å². The molecule has 9 nitrogen and oxygen atoms in total. The van der Waals surface area contributed by atoms with E-state index in [1.54, 1.807) is 6.07 Å². The van der Waals surface area contributed by atoms with E-state index in [0.29, 0.717) is 5.69 Å². The van der Waals surface area contributed by atoms with Gasteiger partial charge >= 0.3 is 0 Å². The van der Waals surface area contributed by atoms with Gasteiger partial charge in [0.25, 0.3) is 17.2 Å². The number of nitro benzene ring substituents is 1.